The van der Waals surface area contributed by atoms with Gasteiger partial charge in [0.15, 0.2) is 11.5 Å². The number of aliphatic carboxylic acids is 1. The molecule has 1 aromatic rings. The summed E-state index contributed by atoms with van der Waals surface area (Å²) in [5.41, 5.74) is 1.08. The lowest BCUT2D eigenvalue weighted by atomic mass is 10.0. The molecule has 1 unspecified atom stereocenters. The monoisotopic (exact) mass is 325 g/mol. The largest absolute Gasteiger partial charge is 0.493 e. The number of benzene rings is 1. The van der Waals surface area contributed by atoms with Crippen molar-refractivity contribution in [2.45, 2.75) is 36.7 Å². The van der Waals surface area contributed by atoms with Gasteiger partial charge in [0.1, 0.15) is 6.04 Å². The minimum atomic E-state index is -0.731. The van der Waals surface area contributed by atoms with Crippen LogP contribution in [0.15, 0.2) is 17.0 Å². The van der Waals surface area contributed by atoms with Gasteiger partial charge in [-0.1, -0.05) is 6.42 Å². The molecule has 1 aliphatic heterocycles. The van der Waals surface area contributed by atoms with E-state index in [0.717, 1.165) is 36.3 Å². The van der Waals surface area contributed by atoms with E-state index in [2.05, 4.69) is 0 Å². The molecule has 0 saturated carbocycles. The quantitative estimate of drug-likeness (QED) is 0.812. The zero-order chi connectivity index (χ0) is 16.1. The molecule has 0 bridgehead atoms. The first-order valence-corrected chi connectivity index (χ1v) is 8.59. The van der Waals surface area contributed by atoms with Gasteiger partial charge in [-0.25, -0.2) is 0 Å². The lowest BCUT2D eigenvalue weighted by Gasteiger charge is -2.33. The summed E-state index contributed by atoms with van der Waals surface area (Å²) in [7, 11) is 3.23. The summed E-state index contributed by atoms with van der Waals surface area (Å²) in [6.45, 7) is 1.44. The van der Waals surface area contributed by atoms with Crippen LogP contribution < -0.4 is 9.47 Å². The van der Waals surface area contributed by atoms with Crippen LogP contribution >= 0.6 is 11.8 Å². The Morgan fingerprint density at radius 1 is 1.32 bits per heavy atom. The molecule has 0 aliphatic carbocycles. The summed E-state index contributed by atoms with van der Waals surface area (Å²) in [6.07, 6.45) is 4.76. The molecule has 0 amide bonds. The summed E-state index contributed by atoms with van der Waals surface area (Å²) in [6, 6.07) is 3.52. The van der Waals surface area contributed by atoms with E-state index in [0.29, 0.717) is 18.0 Å². The molecule has 5 nitrogen and oxygen atoms in total. The first-order valence-electron chi connectivity index (χ1n) is 7.36. The maximum absolute atomic E-state index is 11.4. The highest BCUT2D eigenvalue weighted by Crippen LogP contribution is 2.35. The van der Waals surface area contributed by atoms with Crippen LogP contribution in [0.25, 0.3) is 0 Å². The van der Waals surface area contributed by atoms with Crippen LogP contribution in [0, 0.1) is 0 Å². The van der Waals surface area contributed by atoms with Gasteiger partial charge in [-0.05, 0) is 43.3 Å². The SMILES string of the molecule is COc1cc(CN2CCCCC2C(=O)O)c(SC)cc1OC. The second kappa shape index (κ2) is 7.74. The van der Waals surface area contributed by atoms with Crippen molar-refractivity contribution in [2.75, 3.05) is 27.0 Å². The van der Waals surface area contributed by atoms with Crippen LogP contribution in [0.1, 0.15) is 24.8 Å². The number of hydrogen-bond donors (Lipinski definition) is 1. The number of methoxy groups -OCH3 is 2. The van der Waals surface area contributed by atoms with Crippen molar-refractivity contribution in [3.05, 3.63) is 17.7 Å². The van der Waals surface area contributed by atoms with E-state index in [1.807, 2.05) is 23.3 Å². The van der Waals surface area contributed by atoms with Gasteiger partial charge in [0.25, 0.3) is 0 Å². The lowest BCUT2D eigenvalue weighted by Crippen LogP contribution is -2.44. The normalized spacial score (nSPS) is 19.0. The lowest BCUT2D eigenvalue weighted by molar-refractivity contribution is -0.144. The van der Waals surface area contributed by atoms with Crippen molar-refractivity contribution < 1.29 is 19.4 Å². The summed E-state index contributed by atoms with van der Waals surface area (Å²) < 4.78 is 10.7. The second-order valence-electron chi connectivity index (χ2n) is 5.34. The van der Waals surface area contributed by atoms with Crippen molar-refractivity contribution in [1.29, 1.82) is 0 Å². The molecule has 0 aromatic heterocycles. The van der Waals surface area contributed by atoms with Crippen LogP contribution in [-0.2, 0) is 11.3 Å². The van der Waals surface area contributed by atoms with Crippen molar-refractivity contribution >= 4 is 17.7 Å². The number of piperidine rings is 1. The summed E-state index contributed by atoms with van der Waals surface area (Å²) in [5, 5.41) is 9.40. The fraction of sp³-hybridized carbons (Fsp3) is 0.562. The first-order chi connectivity index (χ1) is 10.6. The predicted octanol–water partition coefficient (Wildman–Crippen LogP) is 2.86. The Hall–Kier alpha value is -1.40. The molecule has 0 radical (unpaired) electrons. The number of carbonyl (C=O) groups is 1. The number of carboxylic acids is 1. The second-order valence-corrected chi connectivity index (χ2v) is 6.19. The van der Waals surface area contributed by atoms with Gasteiger partial charge in [-0.2, -0.15) is 0 Å². The van der Waals surface area contributed by atoms with E-state index < -0.39 is 12.0 Å². The Labute approximate surface area is 135 Å². The van der Waals surface area contributed by atoms with Crippen molar-refractivity contribution in [2.24, 2.45) is 0 Å². The molecule has 1 aliphatic rings. The molecular formula is C16H23NO4S. The van der Waals surface area contributed by atoms with Gasteiger partial charge < -0.3 is 14.6 Å². The topological polar surface area (TPSA) is 59.0 Å². The van der Waals surface area contributed by atoms with E-state index >= 15 is 0 Å². The number of thioether (sulfide) groups is 1. The molecule has 1 saturated heterocycles. The van der Waals surface area contributed by atoms with E-state index in [4.69, 9.17) is 9.47 Å². The third-order valence-corrected chi connectivity index (χ3v) is 4.88. The highest BCUT2D eigenvalue weighted by molar-refractivity contribution is 7.98. The summed E-state index contributed by atoms with van der Waals surface area (Å²) >= 11 is 1.63. The van der Waals surface area contributed by atoms with E-state index in [1.54, 1.807) is 26.0 Å². The number of ether oxygens (including phenoxy) is 2. The zero-order valence-corrected chi connectivity index (χ0v) is 14.1. The van der Waals surface area contributed by atoms with Crippen LogP contribution in [0.4, 0.5) is 0 Å². The third kappa shape index (κ3) is 3.67. The van der Waals surface area contributed by atoms with Crippen molar-refractivity contribution in [3.8, 4) is 11.5 Å². The fourth-order valence-corrected chi connectivity index (χ4v) is 3.51. The van der Waals surface area contributed by atoms with Crippen LogP contribution in [0.2, 0.25) is 0 Å². The Kier molecular flexibility index (Phi) is 5.97. The average Bonchev–Trinajstić information content (AvgIpc) is 2.54. The van der Waals surface area contributed by atoms with E-state index in [9.17, 15) is 9.90 Å². The molecule has 122 valence electrons. The van der Waals surface area contributed by atoms with E-state index in [-0.39, 0.29) is 0 Å². The molecule has 1 aromatic carbocycles. The molecule has 1 fully saturated rings. The Balaban J connectivity index is 2.28. The minimum absolute atomic E-state index is 0.392. The van der Waals surface area contributed by atoms with Gasteiger partial charge in [0.2, 0.25) is 0 Å². The molecule has 1 atom stereocenters. The fourth-order valence-electron chi connectivity index (χ4n) is 2.89. The average molecular weight is 325 g/mol. The first kappa shape index (κ1) is 17.0. The van der Waals surface area contributed by atoms with E-state index in [1.165, 1.54) is 0 Å². The van der Waals surface area contributed by atoms with Crippen molar-refractivity contribution in [1.82, 2.24) is 4.90 Å². The number of rotatable bonds is 6. The van der Waals surface area contributed by atoms with Gasteiger partial charge in [0.05, 0.1) is 14.2 Å². The van der Waals surface area contributed by atoms with Gasteiger partial charge >= 0.3 is 5.97 Å². The number of nitrogens with zero attached hydrogens (tertiary/aromatic N) is 1. The van der Waals surface area contributed by atoms with Crippen LogP contribution in [-0.4, -0.2) is 49.0 Å². The number of hydrogen-bond acceptors (Lipinski definition) is 5. The highest BCUT2D eigenvalue weighted by Gasteiger charge is 2.29. The van der Waals surface area contributed by atoms with Gasteiger partial charge in [-0.3, -0.25) is 9.69 Å². The Morgan fingerprint density at radius 2 is 2.00 bits per heavy atom. The standard InChI is InChI=1S/C16H23NO4S/c1-20-13-8-11(15(22-3)9-14(13)21-2)10-17-7-5-4-6-12(17)16(18)19/h8-9,12H,4-7,10H2,1-3H3,(H,18,19). The number of likely N-dealkylation sites (tertiary alicyclic amines) is 1. The molecule has 2 rings (SSSR count). The maximum atomic E-state index is 11.4. The molecule has 22 heavy (non-hydrogen) atoms. The molecule has 1 heterocycles. The summed E-state index contributed by atoms with van der Waals surface area (Å²) in [5.74, 6) is 0.647. The van der Waals surface area contributed by atoms with Crippen LogP contribution in [0.5, 0.6) is 11.5 Å². The molecule has 0 spiro atoms. The van der Waals surface area contributed by atoms with Gasteiger partial charge in [-0.15, -0.1) is 11.8 Å². The van der Waals surface area contributed by atoms with Crippen molar-refractivity contribution in [3.63, 3.8) is 0 Å². The molecule has 6 heteroatoms. The zero-order valence-electron chi connectivity index (χ0n) is 13.3. The third-order valence-electron chi connectivity index (χ3n) is 4.06. The molecule has 1 N–H and O–H groups in total. The Bertz CT molecular complexity index is 535. The van der Waals surface area contributed by atoms with Crippen LogP contribution in [0.3, 0.4) is 0 Å². The predicted molar refractivity (Wildman–Crippen MR) is 87.0 cm³/mol. The number of carboxylic acid groups (broad SMARTS) is 1. The summed E-state index contributed by atoms with van der Waals surface area (Å²) in [4.78, 5) is 14.6. The Morgan fingerprint density at radius 3 is 2.59 bits per heavy atom. The highest BCUT2D eigenvalue weighted by atomic mass is 32.2. The molecular weight excluding hydrogens is 302 g/mol. The maximum Gasteiger partial charge on any atom is 0.320 e. The smallest absolute Gasteiger partial charge is 0.320 e. The minimum Gasteiger partial charge on any atom is -0.493 e. The van der Waals surface area contributed by atoms with Gasteiger partial charge in [0, 0.05) is 11.4 Å².